The maximum Gasteiger partial charge on any atom is -0.0161 e. The molecular weight excluding hydrogens is 372 g/mol. The lowest BCUT2D eigenvalue weighted by Gasteiger charge is -2.02. The molecule has 0 nitrogen and oxygen atoms in total. The molecular formula is C31H42. The topological polar surface area (TPSA) is 0 Å². The maximum absolute atomic E-state index is 3.89. The molecule has 0 aliphatic heterocycles. The average Bonchev–Trinajstić information content (AvgIpc) is 2.81. The van der Waals surface area contributed by atoms with E-state index in [1.165, 1.54) is 35.1 Å². The van der Waals surface area contributed by atoms with Gasteiger partial charge in [-0.25, -0.2) is 0 Å². The van der Waals surface area contributed by atoms with Crippen LogP contribution >= 0.6 is 0 Å². The molecule has 0 N–H and O–H groups in total. The summed E-state index contributed by atoms with van der Waals surface area (Å²) in [5, 5.41) is 0. The van der Waals surface area contributed by atoms with Gasteiger partial charge in [0.05, 0.1) is 0 Å². The van der Waals surface area contributed by atoms with Crippen LogP contribution in [0.25, 0.3) is 22.8 Å². The highest BCUT2D eigenvalue weighted by Gasteiger charge is 1.96. The van der Waals surface area contributed by atoms with Crippen LogP contribution in [0.2, 0.25) is 0 Å². The Bertz CT molecular complexity index is 837. The van der Waals surface area contributed by atoms with E-state index in [9.17, 15) is 0 Å². The minimum absolute atomic E-state index is 1.08. The van der Waals surface area contributed by atoms with Crippen molar-refractivity contribution in [1.29, 1.82) is 0 Å². The third-order valence-electron chi connectivity index (χ3n) is 4.11. The highest BCUT2D eigenvalue weighted by molar-refractivity contribution is 5.71. The molecule has 0 unspecified atom stereocenters. The second kappa shape index (κ2) is 18.0. The van der Waals surface area contributed by atoms with Crippen molar-refractivity contribution >= 4 is 11.6 Å². The largest absolute Gasteiger partial charge is 0.0984 e. The molecule has 0 saturated carbocycles. The molecule has 0 saturated heterocycles. The van der Waals surface area contributed by atoms with Gasteiger partial charge in [0.2, 0.25) is 0 Å². The molecule has 3 aromatic rings. The summed E-state index contributed by atoms with van der Waals surface area (Å²) in [4.78, 5) is 0. The van der Waals surface area contributed by atoms with Crippen molar-refractivity contribution in [2.45, 2.75) is 60.8 Å². The smallest absolute Gasteiger partial charge is 0.0161 e. The first kappa shape index (κ1) is 28.1. The fourth-order valence-corrected chi connectivity index (χ4v) is 2.63. The summed E-state index contributed by atoms with van der Waals surface area (Å²) in [6.07, 6.45) is 5.46. The Hall–Kier alpha value is -2.86. The summed E-state index contributed by atoms with van der Waals surface area (Å²) in [6, 6.07) is 27.3. The minimum atomic E-state index is 1.08. The molecule has 3 aromatic carbocycles. The van der Waals surface area contributed by atoms with Gasteiger partial charge < -0.3 is 0 Å². The van der Waals surface area contributed by atoms with E-state index < -0.39 is 0 Å². The molecule has 0 amide bonds. The standard InChI is InChI=1S/C14H14.C11H12.2C3H8/c1-2-12-8-10-14(11-9-12)13-6-4-3-5-7-13;1-4-10-7-5-6-8-11(10)9(2)3;2*1-3-2/h3-11H,2H2,1H3;4-8H,1-2H2,3H3;2*3H2,1-2H3. The predicted molar refractivity (Wildman–Crippen MR) is 144 cm³/mol. The summed E-state index contributed by atoms with van der Waals surface area (Å²) in [6.45, 7) is 20.3. The van der Waals surface area contributed by atoms with E-state index >= 15 is 0 Å². The Balaban J connectivity index is 0.000000473. The van der Waals surface area contributed by atoms with Crippen LogP contribution in [0.1, 0.15) is 71.1 Å². The first-order chi connectivity index (χ1) is 15.0. The van der Waals surface area contributed by atoms with Crippen LogP contribution < -0.4 is 0 Å². The van der Waals surface area contributed by atoms with Gasteiger partial charge in [-0.3, -0.25) is 0 Å². The highest BCUT2D eigenvalue weighted by Crippen LogP contribution is 2.19. The van der Waals surface area contributed by atoms with Crippen LogP contribution in [0.5, 0.6) is 0 Å². The van der Waals surface area contributed by atoms with E-state index in [1.807, 2.05) is 37.3 Å². The third kappa shape index (κ3) is 11.8. The monoisotopic (exact) mass is 414 g/mol. The first-order valence-electron chi connectivity index (χ1n) is 11.5. The van der Waals surface area contributed by atoms with Gasteiger partial charge in [-0.1, -0.05) is 151 Å². The summed E-state index contributed by atoms with van der Waals surface area (Å²) in [5.74, 6) is 0. The predicted octanol–water partition coefficient (Wildman–Crippen LogP) is 10.1. The summed E-state index contributed by atoms with van der Waals surface area (Å²) >= 11 is 0. The minimum Gasteiger partial charge on any atom is -0.0984 e. The van der Waals surface area contributed by atoms with E-state index in [-0.39, 0.29) is 0 Å². The van der Waals surface area contributed by atoms with Gasteiger partial charge in [-0.05, 0) is 41.2 Å². The highest BCUT2D eigenvalue weighted by atomic mass is 14.0. The van der Waals surface area contributed by atoms with Crippen LogP contribution in [-0.4, -0.2) is 0 Å². The van der Waals surface area contributed by atoms with E-state index in [0.717, 1.165) is 17.6 Å². The normalized spacial score (nSPS) is 8.97. The second-order valence-electron chi connectivity index (χ2n) is 7.40. The Labute approximate surface area is 192 Å². The summed E-state index contributed by atoms with van der Waals surface area (Å²) in [7, 11) is 0. The second-order valence-corrected chi connectivity index (χ2v) is 7.40. The van der Waals surface area contributed by atoms with Gasteiger partial charge in [-0.15, -0.1) is 0 Å². The van der Waals surface area contributed by atoms with Crippen LogP contribution in [-0.2, 0) is 6.42 Å². The van der Waals surface area contributed by atoms with Crippen LogP contribution in [0.3, 0.4) is 0 Å². The third-order valence-corrected chi connectivity index (χ3v) is 4.11. The van der Waals surface area contributed by atoms with Crippen molar-refractivity contribution in [2.75, 3.05) is 0 Å². The molecule has 0 aliphatic carbocycles. The number of hydrogen-bond donors (Lipinski definition) is 0. The van der Waals surface area contributed by atoms with Crippen molar-refractivity contribution in [3.63, 3.8) is 0 Å². The Morgan fingerprint density at radius 1 is 0.677 bits per heavy atom. The molecule has 3 rings (SSSR count). The van der Waals surface area contributed by atoms with Crippen LogP contribution in [0.15, 0.2) is 92.0 Å². The van der Waals surface area contributed by atoms with E-state index in [2.05, 4.69) is 102 Å². The zero-order valence-electron chi connectivity index (χ0n) is 20.6. The summed E-state index contributed by atoms with van der Waals surface area (Å²) in [5.41, 5.74) is 7.39. The molecule has 0 heteroatoms. The molecule has 0 bridgehead atoms. The number of allylic oxidation sites excluding steroid dienone is 1. The SMILES string of the molecule is C=Cc1ccccc1C(=C)C.CCC.CCC.CCc1ccc(-c2ccccc2)cc1. The molecule has 31 heavy (non-hydrogen) atoms. The summed E-state index contributed by atoms with van der Waals surface area (Å²) < 4.78 is 0. The molecule has 0 radical (unpaired) electrons. The van der Waals surface area contributed by atoms with E-state index in [4.69, 9.17) is 0 Å². The lowest BCUT2D eigenvalue weighted by molar-refractivity contribution is 1.09. The van der Waals surface area contributed by atoms with Gasteiger partial charge in [0, 0.05) is 0 Å². The molecule has 0 fully saturated rings. The zero-order chi connectivity index (χ0) is 23.5. The fraction of sp³-hybridized carbons (Fsp3) is 0.290. The lowest BCUT2D eigenvalue weighted by Crippen LogP contribution is -1.82. The van der Waals surface area contributed by atoms with Gasteiger partial charge >= 0.3 is 0 Å². The first-order valence-corrected chi connectivity index (χ1v) is 11.5. The van der Waals surface area contributed by atoms with Crippen molar-refractivity contribution in [1.82, 2.24) is 0 Å². The quantitative estimate of drug-likeness (QED) is 0.398. The molecule has 0 aliphatic rings. The lowest BCUT2D eigenvalue weighted by atomic mass is 10.0. The Kier molecular flexibility index (Phi) is 16.3. The average molecular weight is 415 g/mol. The number of aryl methyl sites for hydroxylation is 1. The number of rotatable bonds is 4. The molecule has 0 aromatic heterocycles. The van der Waals surface area contributed by atoms with Gasteiger partial charge in [0.15, 0.2) is 0 Å². The number of hydrogen-bond acceptors (Lipinski definition) is 0. The molecule has 0 spiro atoms. The van der Waals surface area contributed by atoms with Crippen molar-refractivity contribution in [3.8, 4) is 11.1 Å². The number of benzene rings is 3. The van der Waals surface area contributed by atoms with Crippen molar-refractivity contribution in [2.24, 2.45) is 0 Å². The van der Waals surface area contributed by atoms with Crippen molar-refractivity contribution < 1.29 is 0 Å². The molecule has 0 heterocycles. The van der Waals surface area contributed by atoms with Gasteiger partial charge in [0.25, 0.3) is 0 Å². The van der Waals surface area contributed by atoms with Crippen LogP contribution in [0.4, 0.5) is 0 Å². The Morgan fingerprint density at radius 2 is 1.13 bits per heavy atom. The van der Waals surface area contributed by atoms with Crippen LogP contribution in [0, 0.1) is 0 Å². The fourth-order valence-electron chi connectivity index (χ4n) is 2.63. The Morgan fingerprint density at radius 3 is 1.55 bits per heavy atom. The molecule has 166 valence electrons. The maximum atomic E-state index is 3.89. The molecule has 0 atom stereocenters. The van der Waals surface area contributed by atoms with Gasteiger partial charge in [0.1, 0.15) is 0 Å². The van der Waals surface area contributed by atoms with Crippen molar-refractivity contribution in [3.05, 3.63) is 109 Å². The van der Waals surface area contributed by atoms with Gasteiger partial charge in [-0.2, -0.15) is 0 Å². The van der Waals surface area contributed by atoms with E-state index in [1.54, 1.807) is 0 Å². The van der Waals surface area contributed by atoms with E-state index in [0.29, 0.717) is 0 Å². The zero-order valence-corrected chi connectivity index (χ0v) is 20.6.